The largest absolute Gasteiger partial charge is 0.360 e. The summed E-state index contributed by atoms with van der Waals surface area (Å²) in [6, 6.07) is 30.0. The first-order valence-electron chi connectivity index (χ1n) is 9.15. The van der Waals surface area contributed by atoms with E-state index in [1.54, 1.807) is 0 Å². The van der Waals surface area contributed by atoms with Crippen LogP contribution < -0.4 is 10.2 Å². The predicted octanol–water partition coefficient (Wildman–Crippen LogP) is 6.37. The Morgan fingerprint density at radius 3 is 2.29 bits per heavy atom. The highest BCUT2D eigenvalue weighted by molar-refractivity contribution is 9.10. The van der Waals surface area contributed by atoms with E-state index < -0.39 is 0 Å². The average molecular weight is 429 g/mol. The molecule has 1 N–H and O–H groups in total. The van der Waals surface area contributed by atoms with Crippen molar-refractivity contribution in [3.8, 4) is 0 Å². The molecule has 1 aliphatic heterocycles. The molecule has 4 heteroatoms. The third kappa shape index (κ3) is 2.77. The monoisotopic (exact) mass is 428 g/mol. The lowest BCUT2D eigenvalue weighted by atomic mass is 9.98. The number of rotatable bonds is 2. The van der Waals surface area contributed by atoms with Crippen LogP contribution in [-0.2, 0) is 0 Å². The normalized spacial score (nSPS) is 16.0. The number of para-hydroxylation sites is 1. The number of carbonyl (C=O) groups is 1. The quantitative estimate of drug-likeness (QED) is 0.401. The van der Waals surface area contributed by atoms with Crippen LogP contribution >= 0.6 is 15.9 Å². The number of amides is 1. The van der Waals surface area contributed by atoms with Gasteiger partial charge in [0.15, 0.2) is 0 Å². The van der Waals surface area contributed by atoms with Crippen molar-refractivity contribution < 1.29 is 4.79 Å². The Morgan fingerprint density at radius 2 is 1.50 bits per heavy atom. The molecule has 0 aromatic heterocycles. The lowest BCUT2D eigenvalue weighted by Gasteiger charge is -2.38. The fourth-order valence-electron chi connectivity index (χ4n) is 3.79. The Hall–Kier alpha value is -3.11. The van der Waals surface area contributed by atoms with Gasteiger partial charge >= 0.3 is 0 Å². The fourth-order valence-corrected chi connectivity index (χ4v) is 4.05. The smallest absolute Gasteiger partial charge is 0.262 e. The maximum Gasteiger partial charge on any atom is 0.262 e. The zero-order valence-electron chi connectivity index (χ0n) is 15.0. The van der Waals surface area contributed by atoms with Crippen molar-refractivity contribution in [2.75, 3.05) is 10.2 Å². The van der Waals surface area contributed by atoms with E-state index in [-0.39, 0.29) is 12.1 Å². The number of hydrogen-bond donors (Lipinski definition) is 1. The molecule has 1 amide bonds. The Labute approximate surface area is 171 Å². The summed E-state index contributed by atoms with van der Waals surface area (Å²) in [5, 5.41) is 5.82. The van der Waals surface area contributed by atoms with E-state index in [2.05, 4.69) is 33.4 Å². The number of fused-ring (bicyclic) bond motifs is 3. The lowest BCUT2D eigenvalue weighted by molar-refractivity contribution is 0.0975. The standard InChI is InChI=1S/C24H17BrN2O/c25-18-13-10-17(11-14-18)23-26-22-20-9-5-4-6-16(20)12-15-21(22)24(28)27(23)19-7-2-1-3-8-19/h1-15,23,26H. The molecule has 0 spiro atoms. The highest BCUT2D eigenvalue weighted by atomic mass is 79.9. The topological polar surface area (TPSA) is 32.3 Å². The van der Waals surface area contributed by atoms with E-state index in [0.717, 1.165) is 32.2 Å². The highest BCUT2D eigenvalue weighted by Crippen LogP contribution is 2.40. The first-order valence-corrected chi connectivity index (χ1v) is 9.94. The lowest BCUT2D eigenvalue weighted by Crippen LogP contribution is -2.43. The minimum atomic E-state index is -0.290. The second-order valence-electron chi connectivity index (χ2n) is 6.82. The number of carbonyl (C=O) groups excluding carboxylic acids is 1. The molecule has 0 fully saturated rings. The molecule has 0 saturated carbocycles. The second kappa shape index (κ2) is 6.80. The SMILES string of the molecule is O=C1c2ccc3ccccc3c2NC(c2ccc(Br)cc2)N1c1ccccc1. The van der Waals surface area contributed by atoms with Gasteiger partial charge in [-0.3, -0.25) is 9.69 Å². The minimum absolute atomic E-state index is 0.00128. The van der Waals surface area contributed by atoms with Crippen LogP contribution in [0.4, 0.5) is 11.4 Å². The van der Waals surface area contributed by atoms with Crippen LogP contribution in [0.25, 0.3) is 10.8 Å². The van der Waals surface area contributed by atoms with E-state index in [1.807, 2.05) is 83.8 Å². The van der Waals surface area contributed by atoms with Gasteiger partial charge in [0, 0.05) is 15.5 Å². The van der Waals surface area contributed by atoms with E-state index in [9.17, 15) is 4.79 Å². The molecule has 0 bridgehead atoms. The third-order valence-electron chi connectivity index (χ3n) is 5.14. The van der Waals surface area contributed by atoms with Crippen LogP contribution in [0.1, 0.15) is 22.1 Å². The van der Waals surface area contributed by atoms with Crippen molar-refractivity contribution in [2.45, 2.75) is 6.17 Å². The summed E-state index contributed by atoms with van der Waals surface area (Å²) in [4.78, 5) is 15.4. The Morgan fingerprint density at radius 1 is 0.786 bits per heavy atom. The molecule has 1 unspecified atom stereocenters. The Kier molecular flexibility index (Phi) is 4.14. The zero-order valence-corrected chi connectivity index (χ0v) is 16.6. The number of hydrogen-bond acceptors (Lipinski definition) is 2. The molecule has 0 radical (unpaired) electrons. The Bertz CT molecular complexity index is 1170. The van der Waals surface area contributed by atoms with Gasteiger partial charge in [-0.15, -0.1) is 0 Å². The molecule has 28 heavy (non-hydrogen) atoms. The molecule has 1 aliphatic rings. The number of anilines is 2. The van der Waals surface area contributed by atoms with Gasteiger partial charge in [-0.05, 0) is 41.3 Å². The molecule has 136 valence electrons. The van der Waals surface area contributed by atoms with Crippen LogP contribution in [-0.4, -0.2) is 5.91 Å². The van der Waals surface area contributed by atoms with Gasteiger partial charge in [0.2, 0.25) is 0 Å². The second-order valence-corrected chi connectivity index (χ2v) is 7.73. The van der Waals surface area contributed by atoms with E-state index in [0.29, 0.717) is 5.56 Å². The van der Waals surface area contributed by atoms with Gasteiger partial charge < -0.3 is 5.32 Å². The summed E-state index contributed by atoms with van der Waals surface area (Å²) in [7, 11) is 0. The van der Waals surface area contributed by atoms with Crippen molar-refractivity contribution in [2.24, 2.45) is 0 Å². The summed E-state index contributed by atoms with van der Waals surface area (Å²) in [6.07, 6.45) is -0.290. The molecule has 4 aromatic carbocycles. The van der Waals surface area contributed by atoms with E-state index in [4.69, 9.17) is 0 Å². The predicted molar refractivity (Wildman–Crippen MR) is 118 cm³/mol. The summed E-state index contributed by atoms with van der Waals surface area (Å²) in [6.45, 7) is 0. The van der Waals surface area contributed by atoms with E-state index in [1.165, 1.54) is 0 Å². The minimum Gasteiger partial charge on any atom is -0.360 e. The maximum absolute atomic E-state index is 13.6. The van der Waals surface area contributed by atoms with Crippen LogP contribution in [0.2, 0.25) is 0 Å². The number of halogens is 1. The number of nitrogens with zero attached hydrogens (tertiary/aromatic N) is 1. The maximum atomic E-state index is 13.6. The molecular formula is C24H17BrN2O. The van der Waals surface area contributed by atoms with Crippen LogP contribution in [0.3, 0.4) is 0 Å². The summed E-state index contributed by atoms with van der Waals surface area (Å²) in [5.41, 5.74) is 3.48. The first kappa shape index (κ1) is 17.0. The summed E-state index contributed by atoms with van der Waals surface area (Å²) < 4.78 is 1.01. The molecule has 3 nitrogen and oxygen atoms in total. The Balaban J connectivity index is 1.73. The van der Waals surface area contributed by atoms with Crippen molar-refractivity contribution in [1.82, 2.24) is 0 Å². The molecule has 0 aliphatic carbocycles. The molecule has 5 rings (SSSR count). The number of benzene rings is 4. The highest BCUT2D eigenvalue weighted by Gasteiger charge is 2.34. The average Bonchev–Trinajstić information content (AvgIpc) is 2.74. The third-order valence-corrected chi connectivity index (χ3v) is 5.67. The molecule has 4 aromatic rings. The number of nitrogens with one attached hydrogen (secondary N) is 1. The molecule has 1 heterocycles. The van der Waals surface area contributed by atoms with E-state index >= 15 is 0 Å². The van der Waals surface area contributed by atoms with Gasteiger partial charge in [-0.25, -0.2) is 0 Å². The van der Waals surface area contributed by atoms with Crippen LogP contribution in [0.15, 0.2) is 95.5 Å². The summed E-state index contributed by atoms with van der Waals surface area (Å²) in [5.74, 6) is -0.00128. The summed E-state index contributed by atoms with van der Waals surface area (Å²) >= 11 is 3.50. The van der Waals surface area contributed by atoms with Crippen molar-refractivity contribution in [3.05, 3.63) is 107 Å². The van der Waals surface area contributed by atoms with Gasteiger partial charge in [0.25, 0.3) is 5.91 Å². The fraction of sp³-hybridized carbons (Fsp3) is 0.0417. The van der Waals surface area contributed by atoms with Gasteiger partial charge in [-0.1, -0.05) is 76.6 Å². The molecule has 1 atom stereocenters. The first-order chi connectivity index (χ1) is 13.7. The van der Waals surface area contributed by atoms with Crippen LogP contribution in [0.5, 0.6) is 0 Å². The van der Waals surface area contributed by atoms with Crippen molar-refractivity contribution >= 4 is 44.0 Å². The zero-order chi connectivity index (χ0) is 19.1. The van der Waals surface area contributed by atoms with Crippen molar-refractivity contribution in [3.63, 3.8) is 0 Å². The van der Waals surface area contributed by atoms with Crippen LogP contribution in [0, 0.1) is 0 Å². The molecular weight excluding hydrogens is 412 g/mol. The molecule has 0 saturated heterocycles. The van der Waals surface area contributed by atoms with Gasteiger partial charge in [0.05, 0.1) is 11.3 Å². The van der Waals surface area contributed by atoms with Gasteiger partial charge in [0.1, 0.15) is 6.17 Å². The van der Waals surface area contributed by atoms with Crippen molar-refractivity contribution in [1.29, 1.82) is 0 Å². The van der Waals surface area contributed by atoms with Gasteiger partial charge in [-0.2, -0.15) is 0 Å².